The van der Waals surface area contributed by atoms with Gasteiger partial charge in [-0.25, -0.2) is 0 Å². The molecule has 5 amide bonds. The Bertz CT molecular complexity index is 1040. The number of rotatable bonds is 11. The molecule has 0 spiro atoms. The highest BCUT2D eigenvalue weighted by molar-refractivity contribution is 5.96. The number of aliphatic hydroxyl groups excluding tert-OH is 1. The summed E-state index contributed by atoms with van der Waals surface area (Å²) < 4.78 is 0. The second-order valence-corrected chi connectivity index (χ2v) is 14.0. The molecule has 0 bridgehead atoms. The number of nitrogens with two attached hydrogens (primary N) is 1. The van der Waals surface area contributed by atoms with E-state index in [1.54, 1.807) is 7.05 Å². The van der Waals surface area contributed by atoms with Crippen molar-refractivity contribution in [3.05, 3.63) is 0 Å². The van der Waals surface area contributed by atoms with Crippen molar-refractivity contribution < 1.29 is 29.1 Å². The Labute approximate surface area is 275 Å². The molecule has 0 unspecified atom stereocenters. The zero-order valence-corrected chi connectivity index (χ0v) is 29.3. The van der Waals surface area contributed by atoms with Gasteiger partial charge >= 0.3 is 0 Å². The molecule has 13 nitrogen and oxygen atoms in total. The van der Waals surface area contributed by atoms with Gasteiger partial charge in [0.1, 0.15) is 24.2 Å². The molecule has 0 aromatic carbocycles. The zero-order chi connectivity index (χ0) is 34.7. The minimum Gasteiger partial charge on any atom is -0.391 e. The monoisotopic (exact) mass is 651 g/mol. The van der Waals surface area contributed by atoms with Gasteiger partial charge in [0.2, 0.25) is 29.5 Å². The van der Waals surface area contributed by atoms with Crippen molar-refractivity contribution >= 4 is 29.5 Å². The summed E-state index contributed by atoms with van der Waals surface area (Å²) in [7, 11) is 1.66. The fraction of sp³-hybridized carbons (Fsp3) is 0.848. The number of aliphatic hydroxyl groups is 1. The molecule has 1 saturated heterocycles. The Kier molecular flexibility index (Phi) is 15.9. The molecule has 1 heterocycles. The molecule has 1 saturated carbocycles. The van der Waals surface area contributed by atoms with Crippen LogP contribution in [0.4, 0.5) is 0 Å². The van der Waals surface area contributed by atoms with Gasteiger partial charge in [0.25, 0.3) is 0 Å². The smallest absolute Gasteiger partial charge is 0.245 e. The van der Waals surface area contributed by atoms with E-state index in [1.807, 2.05) is 34.6 Å². The van der Waals surface area contributed by atoms with Crippen LogP contribution in [0.3, 0.4) is 0 Å². The first-order valence-corrected chi connectivity index (χ1v) is 17.2. The molecule has 7 N–H and O–H groups in total. The summed E-state index contributed by atoms with van der Waals surface area (Å²) >= 11 is 0. The van der Waals surface area contributed by atoms with E-state index in [1.165, 1.54) is 11.8 Å². The molecule has 264 valence electrons. The summed E-state index contributed by atoms with van der Waals surface area (Å²) in [6, 6.07) is -5.29. The molecule has 0 radical (unpaired) electrons. The van der Waals surface area contributed by atoms with Crippen LogP contribution in [0.2, 0.25) is 0 Å². The number of hydrogen-bond acceptors (Lipinski definition) is 8. The lowest BCUT2D eigenvalue weighted by Gasteiger charge is -2.38. The third-order valence-electron chi connectivity index (χ3n) is 9.18. The lowest BCUT2D eigenvalue weighted by Crippen LogP contribution is -2.63. The second-order valence-electron chi connectivity index (χ2n) is 14.0. The van der Waals surface area contributed by atoms with Gasteiger partial charge in [-0.15, -0.1) is 0 Å². The van der Waals surface area contributed by atoms with Gasteiger partial charge in [-0.1, -0.05) is 53.9 Å². The number of unbranched alkanes of at least 4 members (excludes halogenated alkanes) is 1. The quantitative estimate of drug-likeness (QED) is 0.186. The van der Waals surface area contributed by atoms with Crippen molar-refractivity contribution in [1.82, 2.24) is 31.1 Å². The normalized spacial score (nSPS) is 29.7. The number of nitrogens with zero attached hydrogens (tertiary/aromatic N) is 2. The van der Waals surface area contributed by atoms with E-state index < -0.39 is 66.0 Å². The van der Waals surface area contributed by atoms with Crippen LogP contribution in [-0.2, 0) is 24.0 Å². The van der Waals surface area contributed by atoms with Crippen LogP contribution < -0.4 is 27.0 Å². The van der Waals surface area contributed by atoms with Gasteiger partial charge in [0.05, 0.1) is 12.1 Å². The largest absolute Gasteiger partial charge is 0.391 e. The SMILES string of the molecule is CCCC[C@H]1C(=O)N(C)[C@@H](CC(C)C)C(=O)N[C@@H]([C@H](C)CC)C(=O)N[C@@H](CN)C(=O)N[C@@H]([C@H](C)O)C(=O)N[C@H](C)CN1CC1CC1. The highest BCUT2D eigenvalue weighted by Crippen LogP contribution is 2.31. The molecule has 0 aromatic rings. The van der Waals surface area contributed by atoms with Crippen LogP contribution in [0, 0.1) is 17.8 Å². The predicted molar refractivity (Wildman–Crippen MR) is 177 cm³/mol. The lowest BCUT2D eigenvalue weighted by atomic mass is 9.95. The number of nitrogens with one attached hydrogen (secondary N) is 4. The average Bonchev–Trinajstić information content (AvgIpc) is 3.82. The van der Waals surface area contributed by atoms with Gasteiger partial charge in [-0.3, -0.25) is 28.9 Å². The highest BCUT2D eigenvalue weighted by atomic mass is 16.3. The van der Waals surface area contributed by atoms with E-state index in [0.29, 0.717) is 38.3 Å². The summed E-state index contributed by atoms with van der Waals surface area (Å²) in [5, 5.41) is 21.5. The molecular formula is C33H61N7O6. The maximum Gasteiger partial charge on any atom is 0.245 e. The maximum absolute atomic E-state index is 14.4. The van der Waals surface area contributed by atoms with Crippen molar-refractivity contribution in [2.24, 2.45) is 23.5 Å². The Balaban J connectivity index is 2.63. The molecule has 2 aliphatic rings. The third-order valence-corrected chi connectivity index (χ3v) is 9.18. The summed E-state index contributed by atoms with van der Waals surface area (Å²) in [4.78, 5) is 72.4. The van der Waals surface area contributed by atoms with E-state index in [-0.39, 0.29) is 24.3 Å². The number of hydrogen-bond donors (Lipinski definition) is 6. The van der Waals surface area contributed by atoms with Gasteiger partial charge in [-0.05, 0) is 57.3 Å². The number of carbonyl (C=O) groups is 5. The van der Waals surface area contributed by atoms with E-state index in [2.05, 4.69) is 33.1 Å². The van der Waals surface area contributed by atoms with E-state index in [4.69, 9.17) is 5.73 Å². The zero-order valence-electron chi connectivity index (χ0n) is 29.3. The minimum absolute atomic E-state index is 0.0822. The number of carbonyl (C=O) groups excluding carboxylic acids is 5. The fourth-order valence-corrected chi connectivity index (χ4v) is 5.93. The number of likely N-dealkylation sites (N-methyl/N-ethyl adjacent to an activating group) is 1. The Hall–Kier alpha value is -2.77. The topological polar surface area (TPSA) is 186 Å². The molecule has 8 atom stereocenters. The van der Waals surface area contributed by atoms with Crippen molar-refractivity contribution in [3.8, 4) is 0 Å². The van der Waals surface area contributed by atoms with Crippen LogP contribution in [0.25, 0.3) is 0 Å². The van der Waals surface area contributed by atoms with Crippen molar-refractivity contribution in [2.75, 3.05) is 26.7 Å². The van der Waals surface area contributed by atoms with Gasteiger partial charge in [-0.2, -0.15) is 0 Å². The van der Waals surface area contributed by atoms with Crippen molar-refractivity contribution in [1.29, 1.82) is 0 Å². The summed E-state index contributed by atoms with van der Waals surface area (Å²) in [5.74, 6) is -2.29. The van der Waals surface area contributed by atoms with Crippen LogP contribution >= 0.6 is 0 Å². The number of amides is 5. The first-order chi connectivity index (χ1) is 21.6. The van der Waals surface area contributed by atoms with E-state index in [0.717, 1.165) is 25.7 Å². The van der Waals surface area contributed by atoms with Crippen molar-refractivity contribution in [2.45, 2.75) is 136 Å². The fourth-order valence-electron chi connectivity index (χ4n) is 5.93. The third kappa shape index (κ3) is 11.5. The standard InChI is InChI=1S/C33H61N7O6/c1-9-11-12-25-33(46)39(8)26(15-19(3)4)30(43)37-27(20(5)10-2)31(44)36-24(16-34)29(42)38-28(22(7)41)32(45)35-21(6)17-40(25)18-23-13-14-23/h19-28,41H,9-18,34H2,1-8H3,(H,35,45)(H,36,44)(H,37,43)(H,38,42)/t20-,21-,22+,24+,25+,26+,27+,28+/m1/s1. The first-order valence-electron chi connectivity index (χ1n) is 17.2. The molecule has 0 aromatic heterocycles. The molecule has 2 fully saturated rings. The second kappa shape index (κ2) is 18.5. The molecule has 13 heteroatoms. The molecule has 46 heavy (non-hydrogen) atoms. The Morgan fingerprint density at radius 3 is 2.00 bits per heavy atom. The van der Waals surface area contributed by atoms with E-state index in [9.17, 15) is 29.1 Å². The predicted octanol–water partition coefficient (Wildman–Crippen LogP) is 0.489. The Morgan fingerprint density at radius 1 is 0.870 bits per heavy atom. The van der Waals surface area contributed by atoms with Crippen molar-refractivity contribution in [3.63, 3.8) is 0 Å². The summed E-state index contributed by atoms with van der Waals surface area (Å²) in [6.07, 6.45) is 4.13. The summed E-state index contributed by atoms with van der Waals surface area (Å²) in [5.41, 5.74) is 5.88. The molecule has 1 aliphatic heterocycles. The van der Waals surface area contributed by atoms with Crippen LogP contribution in [0.15, 0.2) is 0 Å². The molecule has 2 rings (SSSR count). The van der Waals surface area contributed by atoms with Gasteiger partial charge in [0, 0.05) is 32.7 Å². The lowest BCUT2D eigenvalue weighted by molar-refractivity contribution is -0.145. The first kappa shape index (κ1) is 39.4. The molecular weight excluding hydrogens is 590 g/mol. The Morgan fingerprint density at radius 2 is 1.48 bits per heavy atom. The van der Waals surface area contributed by atoms with Gasteiger partial charge < -0.3 is 37.0 Å². The van der Waals surface area contributed by atoms with Crippen LogP contribution in [-0.4, -0.2) is 113 Å². The van der Waals surface area contributed by atoms with E-state index >= 15 is 0 Å². The van der Waals surface area contributed by atoms with Gasteiger partial charge in [0.15, 0.2) is 0 Å². The van der Waals surface area contributed by atoms with Crippen LogP contribution in [0.1, 0.15) is 93.4 Å². The summed E-state index contributed by atoms with van der Waals surface area (Å²) in [6.45, 7) is 13.8. The minimum atomic E-state index is -1.30. The average molecular weight is 652 g/mol. The highest BCUT2D eigenvalue weighted by Gasteiger charge is 2.40. The van der Waals surface area contributed by atoms with Crippen LogP contribution in [0.5, 0.6) is 0 Å². The maximum atomic E-state index is 14.4. The molecule has 1 aliphatic carbocycles.